The molecule has 0 atom stereocenters. The Morgan fingerprint density at radius 3 is 1.94 bits per heavy atom. The summed E-state index contributed by atoms with van der Waals surface area (Å²) in [5.74, 6) is 3.01. The van der Waals surface area contributed by atoms with Crippen LogP contribution in [0.2, 0.25) is 0 Å². The highest BCUT2D eigenvalue weighted by Crippen LogP contribution is 2.35. The van der Waals surface area contributed by atoms with Crippen LogP contribution < -0.4 is 0 Å². The lowest BCUT2D eigenvalue weighted by Gasteiger charge is -2.30. The van der Waals surface area contributed by atoms with Crippen molar-refractivity contribution in [1.29, 1.82) is 0 Å². The zero-order chi connectivity index (χ0) is 12.9. The summed E-state index contributed by atoms with van der Waals surface area (Å²) in [6.07, 6.45) is 11.9. The van der Waals surface area contributed by atoms with Gasteiger partial charge in [-0.15, -0.1) is 0 Å². The van der Waals surface area contributed by atoms with E-state index in [1.807, 2.05) is 0 Å². The van der Waals surface area contributed by atoms with E-state index in [2.05, 4.69) is 34.6 Å². The first-order valence-electron chi connectivity index (χ1n) is 7.87. The van der Waals surface area contributed by atoms with E-state index in [-0.39, 0.29) is 0 Å². The zero-order valence-electron chi connectivity index (χ0n) is 12.9. The third-order valence-electron chi connectivity index (χ3n) is 4.31. The van der Waals surface area contributed by atoms with Gasteiger partial charge in [0.1, 0.15) is 0 Å². The second-order valence-electron chi connectivity index (χ2n) is 7.97. The van der Waals surface area contributed by atoms with E-state index in [0.717, 1.165) is 17.8 Å². The average molecular weight is 238 g/mol. The van der Waals surface area contributed by atoms with Gasteiger partial charge in [-0.05, 0) is 36.0 Å². The molecule has 0 N–H and O–H groups in total. The van der Waals surface area contributed by atoms with Crippen molar-refractivity contribution in [1.82, 2.24) is 0 Å². The Kier molecular flexibility index (Phi) is 6.03. The zero-order valence-corrected chi connectivity index (χ0v) is 12.9. The van der Waals surface area contributed by atoms with Crippen LogP contribution in [0.3, 0.4) is 0 Å². The van der Waals surface area contributed by atoms with Crippen LogP contribution in [-0.2, 0) is 0 Å². The number of rotatable bonds is 5. The summed E-state index contributed by atoms with van der Waals surface area (Å²) in [5, 5.41) is 0. The van der Waals surface area contributed by atoms with E-state index >= 15 is 0 Å². The normalized spacial score (nSPS) is 26.5. The molecule has 17 heavy (non-hydrogen) atoms. The molecule has 0 amide bonds. The maximum absolute atomic E-state index is 2.37. The largest absolute Gasteiger partial charge is 0.0628 e. The van der Waals surface area contributed by atoms with Gasteiger partial charge in [-0.25, -0.2) is 0 Å². The van der Waals surface area contributed by atoms with Gasteiger partial charge in [-0.2, -0.15) is 0 Å². The van der Waals surface area contributed by atoms with E-state index in [9.17, 15) is 0 Å². The van der Waals surface area contributed by atoms with Gasteiger partial charge < -0.3 is 0 Å². The molecule has 1 fully saturated rings. The Labute approximate surface area is 110 Å². The minimum absolute atomic E-state index is 0.537. The van der Waals surface area contributed by atoms with Gasteiger partial charge >= 0.3 is 0 Å². The molecule has 0 heterocycles. The van der Waals surface area contributed by atoms with Crippen LogP contribution in [0.4, 0.5) is 0 Å². The molecular weight excluding hydrogens is 204 g/mol. The summed E-state index contributed by atoms with van der Waals surface area (Å²) in [7, 11) is 0. The van der Waals surface area contributed by atoms with Crippen molar-refractivity contribution in [2.45, 2.75) is 86.0 Å². The first kappa shape index (κ1) is 15.1. The van der Waals surface area contributed by atoms with Gasteiger partial charge in [-0.3, -0.25) is 0 Å². The molecule has 0 aliphatic heterocycles. The van der Waals surface area contributed by atoms with Crippen LogP contribution in [0, 0.1) is 23.2 Å². The third-order valence-corrected chi connectivity index (χ3v) is 4.31. The quantitative estimate of drug-likeness (QED) is 0.546. The lowest BCUT2D eigenvalue weighted by atomic mass is 9.76. The summed E-state index contributed by atoms with van der Waals surface area (Å²) >= 11 is 0. The monoisotopic (exact) mass is 238 g/mol. The summed E-state index contributed by atoms with van der Waals surface area (Å²) in [4.78, 5) is 0. The summed E-state index contributed by atoms with van der Waals surface area (Å²) in [6.45, 7) is 11.8. The molecule has 0 bridgehead atoms. The molecule has 0 heteroatoms. The van der Waals surface area contributed by atoms with Gasteiger partial charge in [0, 0.05) is 0 Å². The van der Waals surface area contributed by atoms with Crippen molar-refractivity contribution in [2.75, 3.05) is 0 Å². The van der Waals surface area contributed by atoms with Crippen LogP contribution >= 0.6 is 0 Å². The SMILES string of the molecule is CC(C)CC1CCC(CCCC(C)(C)C)CC1. The van der Waals surface area contributed by atoms with Crippen molar-refractivity contribution in [2.24, 2.45) is 23.2 Å². The Morgan fingerprint density at radius 2 is 1.47 bits per heavy atom. The second-order valence-corrected chi connectivity index (χ2v) is 7.97. The van der Waals surface area contributed by atoms with Gasteiger partial charge in [-0.1, -0.05) is 73.1 Å². The molecule has 0 aromatic rings. The second kappa shape index (κ2) is 6.81. The predicted octanol–water partition coefficient (Wildman–Crippen LogP) is 6.06. The Bertz CT molecular complexity index is 189. The predicted molar refractivity (Wildman–Crippen MR) is 78.2 cm³/mol. The molecule has 0 radical (unpaired) electrons. The summed E-state index contributed by atoms with van der Waals surface area (Å²) < 4.78 is 0. The van der Waals surface area contributed by atoms with Crippen molar-refractivity contribution >= 4 is 0 Å². The molecule has 1 aliphatic rings. The van der Waals surface area contributed by atoms with Crippen LogP contribution in [0.25, 0.3) is 0 Å². The maximum Gasteiger partial charge on any atom is -0.0383 e. The van der Waals surface area contributed by atoms with Gasteiger partial charge in [0.05, 0.1) is 0 Å². The fraction of sp³-hybridized carbons (Fsp3) is 1.00. The van der Waals surface area contributed by atoms with Crippen LogP contribution in [-0.4, -0.2) is 0 Å². The highest BCUT2D eigenvalue weighted by atomic mass is 14.3. The molecule has 0 aromatic carbocycles. The minimum Gasteiger partial charge on any atom is -0.0628 e. The van der Waals surface area contributed by atoms with Crippen LogP contribution in [0.5, 0.6) is 0 Å². The molecule has 0 spiro atoms. The molecule has 0 unspecified atom stereocenters. The van der Waals surface area contributed by atoms with E-state index in [1.165, 1.54) is 51.4 Å². The van der Waals surface area contributed by atoms with Crippen molar-refractivity contribution in [3.63, 3.8) is 0 Å². The fourth-order valence-electron chi connectivity index (χ4n) is 3.34. The fourth-order valence-corrected chi connectivity index (χ4v) is 3.34. The minimum atomic E-state index is 0.537. The molecule has 0 aromatic heterocycles. The highest BCUT2D eigenvalue weighted by molar-refractivity contribution is 4.74. The maximum atomic E-state index is 2.37. The Balaban J connectivity index is 2.11. The molecule has 1 aliphatic carbocycles. The number of hydrogen-bond acceptors (Lipinski definition) is 0. The van der Waals surface area contributed by atoms with Crippen molar-refractivity contribution in [3.05, 3.63) is 0 Å². The third kappa shape index (κ3) is 7.11. The van der Waals surface area contributed by atoms with E-state index in [0.29, 0.717) is 5.41 Å². The lowest BCUT2D eigenvalue weighted by molar-refractivity contribution is 0.225. The summed E-state index contributed by atoms with van der Waals surface area (Å²) in [6, 6.07) is 0. The lowest BCUT2D eigenvalue weighted by Crippen LogP contribution is -2.16. The highest BCUT2D eigenvalue weighted by Gasteiger charge is 2.22. The van der Waals surface area contributed by atoms with Gasteiger partial charge in [0.25, 0.3) is 0 Å². The van der Waals surface area contributed by atoms with Crippen LogP contribution in [0.1, 0.15) is 86.0 Å². The topological polar surface area (TPSA) is 0 Å². The Morgan fingerprint density at radius 1 is 0.941 bits per heavy atom. The smallest absolute Gasteiger partial charge is 0.0383 e. The van der Waals surface area contributed by atoms with Gasteiger partial charge in [0.15, 0.2) is 0 Å². The first-order valence-corrected chi connectivity index (χ1v) is 7.87. The van der Waals surface area contributed by atoms with Gasteiger partial charge in [0.2, 0.25) is 0 Å². The molecule has 1 rings (SSSR count). The van der Waals surface area contributed by atoms with Crippen LogP contribution in [0.15, 0.2) is 0 Å². The van der Waals surface area contributed by atoms with Crippen molar-refractivity contribution in [3.8, 4) is 0 Å². The first-order chi connectivity index (χ1) is 7.87. The number of hydrogen-bond donors (Lipinski definition) is 0. The van der Waals surface area contributed by atoms with E-state index < -0.39 is 0 Å². The molecule has 102 valence electrons. The van der Waals surface area contributed by atoms with Crippen molar-refractivity contribution < 1.29 is 0 Å². The molecule has 0 saturated heterocycles. The molecule has 1 saturated carbocycles. The molecular formula is C17H34. The van der Waals surface area contributed by atoms with E-state index in [1.54, 1.807) is 0 Å². The van der Waals surface area contributed by atoms with E-state index in [4.69, 9.17) is 0 Å². The standard InChI is InChI=1S/C17H34/c1-14(2)13-16-10-8-15(9-11-16)7-6-12-17(3,4)5/h14-16H,6-13H2,1-5H3. The summed E-state index contributed by atoms with van der Waals surface area (Å²) in [5.41, 5.74) is 0.537. The Hall–Kier alpha value is 0. The average Bonchev–Trinajstić information content (AvgIpc) is 2.18. The molecule has 0 nitrogen and oxygen atoms in total.